The second-order valence-electron chi connectivity index (χ2n) is 4.18. The molecular formula is C11H23N3O2S. The molecule has 0 aliphatic carbocycles. The van der Waals surface area contributed by atoms with Gasteiger partial charge in [-0.2, -0.15) is 11.8 Å². The molecule has 17 heavy (non-hydrogen) atoms. The molecule has 2 amide bonds. The van der Waals surface area contributed by atoms with E-state index in [1.54, 1.807) is 11.8 Å². The highest BCUT2D eigenvalue weighted by Crippen LogP contribution is 1.97. The minimum Gasteiger partial charge on any atom is -0.355 e. The number of rotatable bonds is 8. The quantitative estimate of drug-likeness (QED) is 0.535. The van der Waals surface area contributed by atoms with Crippen LogP contribution >= 0.6 is 11.8 Å². The maximum Gasteiger partial charge on any atom is 0.239 e. The van der Waals surface area contributed by atoms with Gasteiger partial charge in [0.05, 0.1) is 12.6 Å². The summed E-state index contributed by atoms with van der Waals surface area (Å²) in [5.41, 5.74) is 5.64. The number of hydrogen-bond donors (Lipinski definition) is 3. The summed E-state index contributed by atoms with van der Waals surface area (Å²) in [6.07, 6.45) is 2.96. The molecule has 0 saturated carbocycles. The standard InChI is InChI=1S/C11H23N3O2S/c1-8(2)10(12)11(16)14-7-9(15)13-5-4-6-17-3/h8,10H,4-7,12H2,1-3H3,(H,13,15)(H,14,16)/t10-/m0/s1. The number of hydrogen-bond acceptors (Lipinski definition) is 4. The second kappa shape index (κ2) is 9.30. The summed E-state index contributed by atoms with van der Waals surface area (Å²) in [5, 5.41) is 5.26. The van der Waals surface area contributed by atoms with Gasteiger partial charge in [-0.1, -0.05) is 13.8 Å². The predicted octanol–water partition coefficient (Wildman–Crippen LogP) is -0.0448. The molecule has 0 unspecified atom stereocenters. The first-order valence-electron chi connectivity index (χ1n) is 5.78. The lowest BCUT2D eigenvalue weighted by Gasteiger charge is -2.15. The summed E-state index contributed by atoms with van der Waals surface area (Å²) < 4.78 is 0. The lowest BCUT2D eigenvalue weighted by Crippen LogP contribution is -2.47. The maximum atomic E-state index is 11.4. The molecule has 0 aromatic carbocycles. The molecule has 0 aromatic rings. The van der Waals surface area contributed by atoms with Crippen molar-refractivity contribution in [1.29, 1.82) is 0 Å². The first-order valence-corrected chi connectivity index (χ1v) is 7.17. The molecule has 0 rings (SSSR count). The first kappa shape index (κ1) is 16.2. The summed E-state index contributed by atoms with van der Waals surface area (Å²) in [6.45, 7) is 4.38. The fraction of sp³-hybridized carbons (Fsp3) is 0.818. The van der Waals surface area contributed by atoms with Crippen molar-refractivity contribution in [3.63, 3.8) is 0 Å². The van der Waals surface area contributed by atoms with Gasteiger partial charge in [0, 0.05) is 6.54 Å². The van der Waals surface area contributed by atoms with Crippen LogP contribution in [-0.4, -0.2) is 43.0 Å². The van der Waals surface area contributed by atoms with Gasteiger partial charge < -0.3 is 16.4 Å². The van der Waals surface area contributed by atoms with Crippen molar-refractivity contribution < 1.29 is 9.59 Å². The number of nitrogens with one attached hydrogen (secondary N) is 2. The molecule has 0 fully saturated rings. The zero-order chi connectivity index (χ0) is 13.3. The van der Waals surface area contributed by atoms with Crippen LogP contribution in [0.5, 0.6) is 0 Å². The summed E-state index contributed by atoms with van der Waals surface area (Å²) in [4.78, 5) is 22.8. The van der Waals surface area contributed by atoms with Crippen molar-refractivity contribution in [3.8, 4) is 0 Å². The minimum atomic E-state index is -0.556. The minimum absolute atomic E-state index is 0.00147. The van der Waals surface area contributed by atoms with E-state index in [-0.39, 0.29) is 24.3 Å². The van der Waals surface area contributed by atoms with Crippen LogP contribution in [0.25, 0.3) is 0 Å². The Morgan fingerprint density at radius 1 is 1.29 bits per heavy atom. The fourth-order valence-electron chi connectivity index (χ4n) is 1.09. The third-order valence-electron chi connectivity index (χ3n) is 2.29. The normalized spacial score (nSPS) is 12.3. The van der Waals surface area contributed by atoms with Crippen LogP contribution in [-0.2, 0) is 9.59 Å². The van der Waals surface area contributed by atoms with Crippen molar-refractivity contribution in [1.82, 2.24) is 10.6 Å². The van der Waals surface area contributed by atoms with Crippen molar-refractivity contribution in [3.05, 3.63) is 0 Å². The topological polar surface area (TPSA) is 84.2 Å². The average molecular weight is 261 g/mol. The van der Waals surface area contributed by atoms with Crippen LogP contribution in [0.1, 0.15) is 20.3 Å². The van der Waals surface area contributed by atoms with E-state index < -0.39 is 6.04 Å². The molecule has 5 nitrogen and oxygen atoms in total. The summed E-state index contributed by atoms with van der Waals surface area (Å²) in [7, 11) is 0. The smallest absolute Gasteiger partial charge is 0.239 e. The van der Waals surface area contributed by atoms with E-state index in [0.29, 0.717) is 6.54 Å². The van der Waals surface area contributed by atoms with Crippen LogP contribution < -0.4 is 16.4 Å². The monoisotopic (exact) mass is 261 g/mol. The Bertz CT molecular complexity index is 247. The van der Waals surface area contributed by atoms with E-state index in [0.717, 1.165) is 12.2 Å². The molecule has 0 saturated heterocycles. The molecular weight excluding hydrogens is 238 g/mol. The van der Waals surface area contributed by atoms with Gasteiger partial charge in [0.2, 0.25) is 11.8 Å². The molecule has 0 aliphatic heterocycles. The van der Waals surface area contributed by atoms with Crippen molar-refractivity contribution in [2.24, 2.45) is 11.7 Å². The largest absolute Gasteiger partial charge is 0.355 e. The Labute approximate surface area is 107 Å². The predicted molar refractivity (Wildman–Crippen MR) is 71.8 cm³/mol. The highest BCUT2D eigenvalue weighted by Gasteiger charge is 2.17. The van der Waals surface area contributed by atoms with Gasteiger partial charge in [-0.3, -0.25) is 9.59 Å². The van der Waals surface area contributed by atoms with Crippen LogP contribution in [0.15, 0.2) is 0 Å². The molecule has 6 heteroatoms. The Morgan fingerprint density at radius 3 is 2.47 bits per heavy atom. The number of carbonyl (C=O) groups excluding carboxylic acids is 2. The molecule has 1 atom stereocenters. The highest BCUT2D eigenvalue weighted by atomic mass is 32.2. The molecule has 0 aromatic heterocycles. The van der Waals surface area contributed by atoms with Gasteiger partial charge in [0.25, 0.3) is 0 Å². The van der Waals surface area contributed by atoms with Crippen molar-refractivity contribution in [2.45, 2.75) is 26.3 Å². The van der Waals surface area contributed by atoms with E-state index in [1.807, 2.05) is 20.1 Å². The Morgan fingerprint density at radius 2 is 1.94 bits per heavy atom. The molecule has 0 aliphatic rings. The zero-order valence-corrected chi connectivity index (χ0v) is 11.6. The van der Waals surface area contributed by atoms with E-state index in [1.165, 1.54) is 0 Å². The van der Waals surface area contributed by atoms with Crippen LogP contribution in [0, 0.1) is 5.92 Å². The second-order valence-corrected chi connectivity index (χ2v) is 5.17. The Balaban J connectivity index is 3.66. The maximum absolute atomic E-state index is 11.4. The van der Waals surface area contributed by atoms with Gasteiger partial charge in [0.1, 0.15) is 0 Å². The fourth-order valence-corrected chi connectivity index (χ4v) is 1.53. The lowest BCUT2D eigenvalue weighted by atomic mass is 10.1. The van der Waals surface area contributed by atoms with E-state index in [2.05, 4.69) is 10.6 Å². The lowest BCUT2D eigenvalue weighted by molar-refractivity contribution is -0.127. The van der Waals surface area contributed by atoms with Crippen molar-refractivity contribution in [2.75, 3.05) is 25.1 Å². The molecule has 0 bridgehead atoms. The summed E-state index contributed by atoms with van der Waals surface area (Å²) in [6, 6.07) is -0.556. The highest BCUT2D eigenvalue weighted by molar-refractivity contribution is 7.98. The summed E-state index contributed by atoms with van der Waals surface area (Å²) in [5.74, 6) is 0.638. The number of amides is 2. The van der Waals surface area contributed by atoms with Gasteiger partial charge in [-0.25, -0.2) is 0 Å². The molecule has 0 radical (unpaired) electrons. The van der Waals surface area contributed by atoms with Crippen LogP contribution in [0.2, 0.25) is 0 Å². The van der Waals surface area contributed by atoms with Crippen molar-refractivity contribution >= 4 is 23.6 Å². The van der Waals surface area contributed by atoms with Gasteiger partial charge in [0.15, 0.2) is 0 Å². The molecule has 100 valence electrons. The van der Waals surface area contributed by atoms with Crippen LogP contribution in [0.4, 0.5) is 0 Å². The van der Waals surface area contributed by atoms with Gasteiger partial charge in [-0.05, 0) is 24.3 Å². The molecule has 4 N–H and O–H groups in total. The Kier molecular flexibility index (Phi) is 8.89. The number of nitrogens with two attached hydrogens (primary N) is 1. The SMILES string of the molecule is CSCCCNC(=O)CNC(=O)[C@@H](N)C(C)C. The number of carbonyl (C=O) groups is 2. The van der Waals surface area contributed by atoms with Crippen LogP contribution in [0.3, 0.4) is 0 Å². The summed E-state index contributed by atoms with van der Waals surface area (Å²) >= 11 is 1.74. The van der Waals surface area contributed by atoms with Gasteiger partial charge >= 0.3 is 0 Å². The average Bonchev–Trinajstić information content (AvgIpc) is 2.30. The van der Waals surface area contributed by atoms with E-state index in [9.17, 15) is 9.59 Å². The molecule has 0 heterocycles. The van der Waals surface area contributed by atoms with Gasteiger partial charge in [-0.15, -0.1) is 0 Å². The molecule has 0 spiro atoms. The zero-order valence-electron chi connectivity index (χ0n) is 10.8. The number of thioether (sulfide) groups is 1. The van der Waals surface area contributed by atoms with E-state index >= 15 is 0 Å². The van der Waals surface area contributed by atoms with E-state index in [4.69, 9.17) is 5.73 Å². The Hall–Kier alpha value is -0.750. The third kappa shape index (κ3) is 8.04. The third-order valence-corrected chi connectivity index (χ3v) is 2.99. The first-order chi connectivity index (χ1) is 7.99.